The van der Waals surface area contributed by atoms with Gasteiger partial charge in [0.05, 0.1) is 19.1 Å². The van der Waals surface area contributed by atoms with Gasteiger partial charge in [-0.05, 0) is 43.0 Å². The number of nitrogens with one attached hydrogen (secondary N) is 2. The number of ether oxygens (including phenoxy) is 2. The van der Waals surface area contributed by atoms with Crippen molar-refractivity contribution in [2.75, 3.05) is 25.6 Å². The summed E-state index contributed by atoms with van der Waals surface area (Å²) < 4.78 is 11.0. The van der Waals surface area contributed by atoms with Gasteiger partial charge < -0.3 is 20.1 Å². The van der Waals surface area contributed by atoms with E-state index in [-0.39, 0.29) is 18.2 Å². The van der Waals surface area contributed by atoms with E-state index >= 15 is 0 Å². The number of methoxy groups -OCH3 is 1. The standard InChI is InChI=1S/C19H26N2O4/c1-24-14-7-8-17-15(11-14)16(12-18(22)21-17)19(23)20-9-4-10-25-13-5-2-3-6-13/h7-8,11,13,16H,2-6,9-10,12H2,1H3,(H,20,23)(H,21,22)/t16-/m1/s1. The van der Waals surface area contributed by atoms with Crippen molar-refractivity contribution in [2.45, 2.75) is 50.5 Å². The van der Waals surface area contributed by atoms with Crippen molar-refractivity contribution in [3.05, 3.63) is 23.8 Å². The molecule has 0 saturated heterocycles. The number of hydrogen-bond donors (Lipinski definition) is 2. The molecule has 1 aromatic carbocycles. The minimum atomic E-state index is -0.477. The van der Waals surface area contributed by atoms with Crippen LogP contribution in [0.25, 0.3) is 0 Å². The lowest BCUT2D eigenvalue weighted by Gasteiger charge is -2.25. The van der Waals surface area contributed by atoms with Crippen molar-refractivity contribution in [1.82, 2.24) is 5.32 Å². The average molecular weight is 346 g/mol. The minimum absolute atomic E-state index is 0.120. The molecule has 0 unspecified atom stereocenters. The summed E-state index contributed by atoms with van der Waals surface area (Å²) in [6.07, 6.45) is 6.17. The molecule has 25 heavy (non-hydrogen) atoms. The van der Waals surface area contributed by atoms with E-state index in [1.807, 2.05) is 6.07 Å². The van der Waals surface area contributed by atoms with Gasteiger partial charge in [0.1, 0.15) is 5.75 Å². The number of amides is 2. The van der Waals surface area contributed by atoms with Gasteiger partial charge in [-0.1, -0.05) is 12.8 Å². The monoisotopic (exact) mass is 346 g/mol. The first kappa shape index (κ1) is 17.7. The van der Waals surface area contributed by atoms with E-state index in [0.29, 0.717) is 30.7 Å². The highest BCUT2D eigenvalue weighted by Crippen LogP contribution is 2.35. The first-order valence-corrected chi connectivity index (χ1v) is 9.04. The number of carbonyl (C=O) groups is 2. The SMILES string of the molecule is COc1ccc2c(c1)[C@H](C(=O)NCCCOC1CCCC1)CC(=O)N2. The van der Waals surface area contributed by atoms with Crippen LogP contribution in [0.3, 0.4) is 0 Å². The lowest BCUT2D eigenvalue weighted by Crippen LogP contribution is -2.35. The van der Waals surface area contributed by atoms with Crippen molar-refractivity contribution in [3.63, 3.8) is 0 Å². The van der Waals surface area contributed by atoms with Crippen LogP contribution < -0.4 is 15.4 Å². The number of rotatable bonds is 7. The molecule has 1 heterocycles. The molecule has 0 aromatic heterocycles. The Morgan fingerprint density at radius 1 is 1.32 bits per heavy atom. The van der Waals surface area contributed by atoms with E-state index in [1.165, 1.54) is 12.8 Å². The maximum atomic E-state index is 12.6. The molecule has 2 N–H and O–H groups in total. The molecule has 1 saturated carbocycles. The molecule has 0 spiro atoms. The van der Waals surface area contributed by atoms with E-state index in [0.717, 1.165) is 24.8 Å². The second-order valence-corrected chi connectivity index (χ2v) is 6.68. The van der Waals surface area contributed by atoms with Crippen molar-refractivity contribution >= 4 is 17.5 Å². The summed E-state index contributed by atoms with van der Waals surface area (Å²) in [5, 5.41) is 5.75. The number of anilines is 1. The van der Waals surface area contributed by atoms with Crippen LogP contribution in [-0.4, -0.2) is 38.2 Å². The lowest BCUT2D eigenvalue weighted by atomic mass is 9.89. The first-order valence-electron chi connectivity index (χ1n) is 9.04. The van der Waals surface area contributed by atoms with Gasteiger partial charge in [0.2, 0.25) is 11.8 Å². The van der Waals surface area contributed by atoms with Crippen LogP contribution in [0.1, 0.15) is 50.0 Å². The molecule has 0 radical (unpaired) electrons. The Hall–Kier alpha value is -2.08. The van der Waals surface area contributed by atoms with Crippen LogP contribution in [0.5, 0.6) is 5.75 Å². The van der Waals surface area contributed by atoms with Crippen molar-refractivity contribution in [2.24, 2.45) is 0 Å². The first-order chi connectivity index (χ1) is 12.2. The zero-order valence-electron chi connectivity index (χ0n) is 14.7. The van der Waals surface area contributed by atoms with E-state index in [4.69, 9.17) is 9.47 Å². The van der Waals surface area contributed by atoms with Crippen molar-refractivity contribution < 1.29 is 19.1 Å². The molecule has 136 valence electrons. The highest BCUT2D eigenvalue weighted by molar-refractivity contribution is 6.01. The molecule has 1 atom stereocenters. The summed E-state index contributed by atoms with van der Waals surface area (Å²) in [5.41, 5.74) is 1.49. The molecule has 2 amide bonds. The summed E-state index contributed by atoms with van der Waals surface area (Å²) in [4.78, 5) is 24.4. The Labute approximate surface area is 148 Å². The van der Waals surface area contributed by atoms with Crippen molar-refractivity contribution in [3.8, 4) is 5.75 Å². The van der Waals surface area contributed by atoms with Gasteiger partial charge in [-0.25, -0.2) is 0 Å². The Kier molecular flexibility index (Phi) is 5.91. The van der Waals surface area contributed by atoms with E-state index < -0.39 is 5.92 Å². The normalized spacial score (nSPS) is 20.0. The smallest absolute Gasteiger partial charge is 0.228 e. The Morgan fingerprint density at radius 2 is 2.12 bits per heavy atom. The van der Waals surface area contributed by atoms with Crippen LogP contribution in [0, 0.1) is 0 Å². The molecule has 1 aliphatic carbocycles. The van der Waals surface area contributed by atoms with Gasteiger partial charge >= 0.3 is 0 Å². The fourth-order valence-corrected chi connectivity index (χ4v) is 3.51. The van der Waals surface area contributed by atoms with Gasteiger partial charge in [-0.15, -0.1) is 0 Å². The van der Waals surface area contributed by atoms with Crippen LogP contribution in [-0.2, 0) is 14.3 Å². The second-order valence-electron chi connectivity index (χ2n) is 6.68. The summed E-state index contributed by atoms with van der Waals surface area (Å²) in [7, 11) is 1.59. The van der Waals surface area contributed by atoms with Gasteiger partial charge in [-0.2, -0.15) is 0 Å². The summed E-state index contributed by atoms with van der Waals surface area (Å²) in [5.74, 6) is -0.0557. The minimum Gasteiger partial charge on any atom is -0.497 e. The van der Waals surface area contributed by atoms with Crippen LogP contribution in [0.4, 0.5) is 5.69 Å². The molecule has 0 bridgehead atoms. The number of benzene rings is 1. The van der Waals surface area contributed by atoms with Gasteiger partial charge in [-0.3, -0.25) is 9.59 Å². The molecular weight excluding hydrogens is 320 g/mol. The molecule has 6 nitrogen and oxygen atoms in total. The molecule has 6 heteroatoms. The average Bonchev–Trinajstić information content (AvgIpc) is 3.13. The van der Waals surface area contributed by atoms with Crippen LogP contribution in [0.15, 0.2) is 18.2 Å². The Morgan fingerprint density at radius 3 is 2.88 bits per heavy atom. The maximum Gasteiger partial charge on any atom is 0.228 e. The lowest BCUT2D eigenvalue weighted by molar-refractivity contribution is -0.126. The Balaban J connectivity index is 1.52. The Bertz CT molecular complexity index is 626. The van der Waals surface area contributed by atoms with Gasteiger partial charge in [0, 0.05) is 25.3 Å². The number of hydrogen-bond acceptors (Lipinski definition) is 4. The molecule has 2 aliphatic rings. The zero-order chi connectivity index (χ0) is 17.6. The van der Waals surface area contributed by atoms with Gasteiger partial charge in [0.25, 0.3) is 0 Å². The third kappa shape index (κ3) is 4.51. The third-order valence-corrected chi connectivity index (χ3v) is 4.89. The fraction of sp³-hybridized carbons (Fsp3) is 0.579. The van der Waals surface area contributed by atoms with Crippen molar-refractivity contribution in [1.29, 1.82) is 0 Å². The van der Waals surface area contributed by atoms with E-state index in [2.05, 4.69) is 10.6 Å². The zero-order valence-corrected chi connectivity index (χ0v) is 14.7. The molecule has 1 fully saturated rings. The fourth-order valence-electron chi connectivity index (χ4n) is 3.51. The maximum absolute atomic E-state index is 12.6. The summed E-state index contributed by atoms with van der Waals surface area (Å²) >= 11 is 0. The van der Waals surface area contributed by atoms with Gasteiger partial charge in [0.15, 0.2) is 0 Å². The second kappa shape index (κ2) is 8.34. The molecule has 1 aromatic rings. The predicted octanol–water partition coefficient (Wildman–Crippen LogP) is 2.59. The van der Waals surface area contributed by atoms with E-state index in [1.54, 1.807) is 19.2 Å². The van der Waals surface area contributed by atoms with E-state index in [9.17, 15) is 9.59 Å². The number of carbonyl (C=O) groups excluding carboxylic acids is 2. The topological polar surface area (TPSA) is 76.7 Å². The summed E-state index contributed by atoms with van der Waals surface area (Å²) in [6.45, 7) is 1.23. The molecular formula is C19H26N2O4. The largest absolute Gasteiger partial charge is 0.497 e. The molecule has 3 rings (SSSR count). The quantitative estimate of drug-likeness (QED) is 0.744. The van der Waals surface area contributed by atoms with Crippen LogP contribution in [0.2, 0.25) is 0 Å². The molecule has 1 aliphatic heterocycles. The van der Waals surface area contributed by atoms with Crippen LogP contribution >= 0.6 is 0 Å². The highest BCUT2D eigenvalue weighted by Gasteiger charge is 2.30. The summed E-state index contributed by atoms with van der Waals surface area (Å²) in [6, 6.07) is 5.38. The highest BCUT2D eigenvalue weighted by atomic mass is 16.5. The third-order valence-electron chi connectivity index (χ3n) is 4.89. The number of fused-ring (bicyclic) bond motifs is 1. The predicted molar refractivity (Wildman–Crippen MR) is 94.8 cm³/mol.